The van der Waals surface area contributed by atoms with Crippen LogP contribution in [0.15, 0.2) is 16.8 Å². The van der Waals surface area contributed by atoms with Crippen molar-refractivity contribution in [1.82, 2.24) is 10.1 Å². The summed E-state index contributed by atoms with van der Waals surface area (Å²) in [5.41, 5.74) is 1.91. The molecule has 0 aliphatic heterocycles. The predicted octanol–water partition coefficient (Wildman–Crippen LogP) is 3.82. The summed E-state index contributed by atoms with van der Waals surface area (Å²) in [6.07, 6.45) is 1.80. The molecule has 3 nitrogen and oxygen atoms in total. The van der Waals surface area contributed by atoms with Gasteiger partial charge in [-0.25, -0.2) is 0 Å². The van der Waals surface area contributed by atoms with Gasteiger partial charge in [0.15, 0.2) is 0 Å². The molecule has 2 aromatic rings. The van der Waals surface area contributed by atoms with Gasteiger partial charge >= 0.3 is 0 Å². The smallest absolute Gasteiger partial charge is 0.150 e. The molecule has 0 N–H and O–H groups in total. The molecule has 0 saturated carbocycles. The molecular weight excluding hydrogens is 212 g/mol. The molecule has 92 valence electrons. The Balaban J connectivity index is 2.67. The molecule has 0 unspecified atom stereocenters. The Morgan fingerprint density at radius 2 is 1.65 bits per heavy atom. The Bertz CT molecular complexity index is 541. The van der Waals surface area contributed by atoms with Crippen molar-refractivity contribution in [3.05, 3.63) is 23.7 Å². The second-order valence-corrected chi connectivity index (χ2v) is 6.60. The third-order valence-electron chi connectivity index (χ3n) is 2.81. The molecule has 0 aromatic carbocycles. The van der Waals surface area contributed by atoms with Crippen molar-refractivity contribution in [2.45, 2.75) is 52.4 Å². The first-order valence-electron chi connectivity index (χ1n) is 5.96. The van der Waals surface area contributed by atoms with E-state index in [1.165, 1.54) is 0 Å². The van der Waals surface area contributed by atoms with E-state index in [1.54, 1.807) is 6.20 Å². The molecule has 0 amide bonds. The van der Waals surface area contributed by atoms with Crippen molar-refractivity contribution >= 4 is 10.9 Å². The standard InChI is InChI=1S/C14H20N2O/c1-13(2,3)11-7-9-10(8-15-11)16-17-12(9)14(4,5)6/h7-8H,1-6H3. The number of hydrogen-bond acceptors (Lipinski definition) is 3. The summed E-state index contributed by atoms with van der Waals surface area (Å²) in [4.78, 5) is 4.45. The average Bonchev–Trinajstić information content (AvgIpc) is 2.57. The fourth-order valence-corrected chi connectivity index (χ4v) is 1.80. The van der Waals surface area contributed by atoms with Crippen LogP contribution >= 0.6 is 0 Å². The molecule has 0 bridgehead atoms. The molecule has 0 spiro atoms. The predicted molar refractivity (Wildman–Crippen MR) is 69.2 cm³/mol. The van der Waals surface area contributed by atoms with Gasteiger partial charge in [-0.2, -0.15) is 0 Å². The first-order valence-corrected chi connectivity index (χ1v) is 5.96. The third kappa shape index (κ3) is 2.19. The van der Waals surface area contributed by atoms with Gasteiger partial charge in [0.25, 0.3) is 0 Å². The number of pyridine rings is 1. The number of fused-ring (bicyclic) bond motifs is 1. The van der Waals surface area contributed by atoms with Crippen molar-refractivity contribution in [2.75, 3.05) is 0 Å². The fraction of sp³-hybridized carbons (Fsp3) is 0.571. The molecule has 0 radical (unpaired) electrons. The van der Waals surface area contributed by atoms with E-state index in [1.807, 2.05) is 0 Å². The Morgan fingerprint density at radius 3 is 2.18 bits per heavy atom. The van der Waals surface area contributed by atoms with E-state index < -0.39 is 0 Å². The topological polar surface area (TPSA) is 38.9 Å². The number of aromatic nitrogens is 2. The summed E-state index contributed by atoms with van der Waals surface area (Å²) < 4.78 is 5.46. The molecule has 2 heterocycles. The normalized spacial score (nSPS) is 13.3. The molecule has 0 fully saturated rings. The van der Waals surface area contributed by atoms with Gasteiger partial charge < -0.3 is 4.52 Å². The van der Waals surface area contributed by atoms with Crippen LogP contribution in [0, 0.1) is 0 Å². The second-order valence-electron chi connectivity index (χ2n) is 6.60. The molecule has 17 heavy (non-hydrogen) atoms. The van der Waals surface area contributed by atoms with E-state index in [9.17, 15) is 0 Å². The summed E-state index contributed by atoms with van der Waals surface area (Å²) in [5.74, 6) is 0.931. The highest BCUT2D eigenvalue weighted by Crippen LogP contribution is 2.31. The maximum Gasteiger partial charge on any atom is 0.150 e. The van der Waals surface area contributed by atoms with E-state index in [4.69, 9.17) is 4.52 Å². The van der Waals surface area contributed by atoms with Crippen LogP contribution in [0.2, 0.25) is 0 Å². The lowest BCUT2D eigenvalue weighted by atomic mass is 9.88. The second kappa shape index (κ2) is 3.56. The van der Waals surface area contributed by atoms with Crippen LogP contribution in [-0.4, -0.2) is 10.1 Å². The summed E-state index contributed by atoms with van der Waals surface area (Å²) in [7, 11) is 0. The van der Waals surface area contributed by atoms with E-state index in [2.05, 4.69) is 57.7 Å². The Labute approximate surface area is 102 Å². The monoisotopic (exact) mass is 232 g/mol. The van der Waals surface area contributed by atoms with Gasteiger partial charge in [-0.15, -0.1) is 0 Å². The molecule has 0 aliphatic rings. The van der Waals surface area contributed by atoms with Gasteiger partial charge in [-0.05, 0) is 6.07 Å². The van der Waals surface area contributed by atoms with Crippen molar-refractivity contribution in [3.63, 3.8) is 0 Å². The van der Waals surface area contributed by atoms with Crippen LogP contribution in [0.4, 0.5) is 0 Å². The van der Waals surface area contributed by atoms with Crippen LogP contribution in [0.1, 0.15) is 53.0 Å². The average molecular weight is 232 g/mol. The van der Waals surface area contributed by atoms with E-state index in [-0.39, 0.29) is 10.8 Å². The molecule has 0 saturated heterocycles. The van der Waals surface area contributed by atoms with Gasteiger partial charge in [0.2, 0.25) is 0 Å². The maximum atomic E-state index is 5.46. The summed E-state index contributed by atoms with van der Waals surface area (Å²) in [6.45, 7) is 12.9. The SMILES string of the molecule is CC(C)(C)c1cc2c(C(C)(C)C)onc2cn1. The largest absolute Gasteiger partial charge is 0.360 e. The van der Waals surface area contributed by atoms with Crippen LogP contribution in [0.3, 0.4) is 0 Å². The molecule has 0 atom stereocenters. The van der Waals surface area contributed by atoms with Crippen molar-refractivity contribution < 1.29 is 4.52 Å². The lowest BCUT2D eigenvalue weighted by Gasteiger charge is -2.18. The molecule has 0 aliphatic carbocycles. The first kappa shape index (κ1) is 12.1. The lowest BCUT2D eigenvalue weighted by molar-refractivity contribution is 0.336. The highest BCUT2D eigenvalue weighted by molar-refractivity contribution is 5.81. The summed E-state index contributed by atoms with van der Waals surface area (Å²) in [6, 6.07) is 2.10. The van der Waals surface area contributed by atoms with E-state index >= 15 is 0 Å². The highest BCUT2D eigenvalue weighted by Gasteiger charge is 2.24. The van der Waals surface area contributed by atoms with Gasteiger partial charge in [-0.3, -0.25) is 4.98 Å². The zero-order chi connectivity index (χ0) is 12.8. The van der Waals surface area contributed by atoms with Crippen LogP contribution in [-0.2, 0) is 10.8 Å². The van der Waals surface area contributed by atoms with E-state index in [0.29, 0.717) is 0 Å². The van der Waals surface area contributed by atoms with Gasteiger partial charge in [0.1, 0.15) is 11.3 Å². The minimum Gasteiger partial charge on any atom is -0.360 e. The Hall–Kier alpha value is -1.38. The number of rotatable bonds is 0. The molecule has 2 rings (SSSR count). The molecule has 2 aromatic heterocycles. The van der Waals surface area contributed by atoms with Crippen molar-refractivity contribution in [2.24, 2.45) is 0 Å². The van der Waals surface area contributed by atoms with Gasteiger partial charge in [0.05, 0.1) is 6.20 Å². The zero-order valence-corrected chi connectivity index (χ0v) is 11.5. The number of nitrogens with zero attached hydrogens (tertiary/aromatic N) is 2. The van der Waals surface area contributed by atoms with Crippen LogP contribution in [0.5, 0.6) is 0 Å². The van der Waals surface area contributed by atoms with Gasteiger partial charge in [0, 0.05) is 21.9 Å². The Kier molecular flexibility index (Phi) is 2.53. The summed E-state index contributed by atoms with van der Waals surface area (Å²) in [5, 5.41) is 5.15. The zero-order valence-electron chi connectivity index (χ0n) is 11.5. The fourth-order valence-electron chi connectivity index (χ4n) is 1.80. The van der Waals surface area contributed by atoms with Crippen LogP contribution < -0.4 is 0 Å². The van der Waals surface area contributed by atoms with Gasteiger partial charge in [-0.1, -0.05) is 46.7 Å². The van der Waals surface area contributed by atoms with E-state index in [0.717, 1.165) is 22.4 Å². The molecule has 3 heteroatoms. The lowest BCUT2D eigenvalue weighted by Crippen LogP contribution is -2.14. The maximum absolute atomic E-state index is 5.46. The first-order chi connectivity index (χ1) is 7.69. The van der Waals surface area contributed by atoms with Crippen molar-refractivity contribution in [3.8, 4) is 0 Å². The minimum absolute atomic E-state index is 0.0365. The molecular formula is C14H20N2O. The van der Waals surface area contributed by atoms with Crippen molar-refractivity contribution in [1.29, 1.82) is 0 Å². The van der Waals surface area contributed by atoms with Crippen LogP contribution in [0.25, 0.3) is 10.9 Å². The number of hydrogen-bond donors (Lipinski definition) is 0. The Morgan fingerprint density at radius 1 is 1.00 bits per heavy atom. The minimum atomic E-state index is -0.0365. The summed E-state index contributed by atoms with van der Waals surface area (Å²) >= 11 is 0. The highest BCUT2D eigenvalue weighted by atomic mass is 16.5. The quantitative estimate of drug-likeness (QED) is 0.693. The third-order valence-corrected chi connectivity index (χ3v) is 2.81.